The van der Waals surface area contributed by atoms with E-state index >= 15 is 0 Å². The minimum absolute atomic E-state index is 0.137. The van der Waals surface area contributed by atoms with E-state index < -0.39 is 141 Å². The van der Waals surface area contributed by atoms with Crippen molar-refractivity contribution in [3.63, 3.8) is 0 Å². The lowest BCUT2D eigenvalue weighted by atomic mass is 9.34. The fourth-order valence-corrected chi connectivity index (χ4v) is 15.4. The van der Waals surface area contributed by atoms with Gasteiger partial charge in [-0.25, -0.2) is 0 Å². The fraction of sp³-hybridized carbons (Fsp3) is 0.902. The number of hydrogen-bond acceptors (Lipinski definition) is 21. The summed E-state index contributed by atoms with van der Waals surface area (Å²) in [6.07, 6.45) is -18.6. The lowest BCUT2D eigenvalue weighted by Crippen LogP contribution is -2.66. The number of carbonyl (C=O) groups is 1. The van der Waals surface area contributed by atoms with Crippen LogP contribution < -0.4 is 0 Å². The molecular weight excluding hydrogens is 949 g/mol. The second-order valence-corrected chi connectivity index (χ2v) is 24.0. The van der Waals surface area contributed by atoms with Gasteiger partial charge in [0.2, 0.25) is 6.29 Å². The number of ether oxygens (including phenoxy) is 8. The molecule has 5 aliphatic carbocycles. The van der Waals surface area contributed by atoms with Crippen molar-refractivity contribution in [3.8, 4) is 0 Å². The van der Waals surface area contributed by atoms with Gasteiger partial charge < -0.3 is 99.2 Å². The van der Waals surface area contributed by atoms with E-state index in [0.29, 0.717) is 38.5 Å². The predicted molar refractivity (Wildman–Crippen MR) is 246 cm³/mol. The maximum absolute atomic E-state index is 14.9. The molecule has 21 heteroatoms. The van der Waals surface area contributed by atoms with Crippen LogP contribution in [0.2, 0.25) is 0 Å². The molecule has 410 valence electrons. The highest BCUT2D eigenvalue weighted by atomic mass is 16.7. The van der Waals surface area contributed by atoms with E-state index in [0.717, 1.165) is 31.3 Å². The van der Waals surface area contributed by atoms with Gasteiger partial charge >= 0.3 is 5.97 Å². The molecule has 26 atom stereocenters. The summed E-state index contributed by atoms with van der Waals surface area (Å²) < 4.78 is 46.8. The fourth-order valence-electron chi connectivity index (χ4n) is 15.4. The molecule has 4 saturated carbocycles. The molecule has 0 spiro atoms. The van der Waals surface area contributed by atoms with Crippen LogP contribution in [0.3, 0.4) is 0 Å². The number of fused-ring (bicyclic) bond motifs is 7. The second-order valence-electron chi connectivity index (χ2n) is 24.0. The molecule has 4 aliphatic heterocycles. The molecular formula is C51H80O21. The Morgan fingerprint density at radius 1 is 0.667 bits per heavy atom. The molecule has 0 amide bonds. The van der Waals surface area contributed by atoms with Gasteiger partial charge in [-0.2, -0.15) is 0 Å². The number of aliphatic hydroxyl groups is 12. The zero-order valence-electron chi connectivity index (χ0n) is 41.9. The van der Waals surface area contributed by atoms with E-state index in [1.807, 2.05) is 0 Å². The smallest absolute Gasteiger partial charge is 0.315 e. The summed E-state index contributed by atoms with van der Waals surface area (Å²) in [6, 6.07) is 0. The number of hydrogen-bond donors (Lipinski definition) is 12. The average Bonchev–Trinajstić information content (AvgIpc) is 3.34. The first-order valence-corrected chi connectivity index (χ1v) is 26.0. The topological polar surface area (TPSA) is 334 Å². The van der Waals surface area contributed by atoms with Gasteiger partial charge in [-0.3, -0.25) is 4.79 Å². The van der Waals surface area contributed by atoms with Gasteiger partial charge in [-0.1, -0.05) is 58.4 Å². The molecule has 0 aromatic rings. The van der Waals surface area contributed by atoms with Gasteiger partial charge in [0.15, 0.2) is 18.9 Å². The Labute approximate surface area is 419 Å². The van der Waals surface area contributed by atoms with Crippen molar-refractivity contribution in [2.45, 2.75) is 216 Å². The van der Waals surface area contributed by atoms with Gasteiger partial charge in [-0.15, -0.1) is 0 Å². The van der Waals surface area contributed by atoms with Crippen LogP contribution in [0, 0.1) is 44.8 Å². The Morgan fingerprint density at radius 2 is 1.29 bits per heavy atom. The Morgan fingerprint density at radius 3 is 1.99 bits per heavy atom. The largest absolute Gasteiger partial charge is 0.432 e. The van der Waals surface area contributed by atoms with E-state index in [1.54, 1.807) is 0 Å². The summed E-state index contributed by atoms with van der Waals surface area (Å²) in [6.45, 7) is 14.2. The summed E-state index contributed by atoms with van der Waals surface area (Å²) in [4.78, 5) is 14.9. The quantitative estimate of drug-likeness (QED) is 0.0693. The first-order valence-electron chi connectivity index (χ1n) is 26.0. The van der Waals surface area contributed by atoms with E-state index in [1.165, 1.54) is 5.57 Å². The predicted octanol–water partition coefficient (Wildman–Crippen LogP) is -1.23. The highest BCUT2D eigenvalue weighted by molar-refractivity contribution is 5.79. The monoisotopic (exact) mass is 1030 g/mol. The zero-order chi connectivity index (χ0) is 52.2. The normalized spacial score (nSPS) is 53.5. The third-order valence-corrected chi connectivity index (χ3v) is 20.0. The molecule has 4 saturated heterocycles. The van der Waals surface area contributed by atoms with Crippen LogP contribution in [-0.4, -0.2) is 210 Å². The molecule has 9 rings (SSSR count). The van der Waals surface area contributed by atoms with Crippen molar-refractivity contribution < 1.29 is 104 Å². The van der Waals surface area contributed by atoms with Crippen molar-refractivity contribution in [1.29, 1.82) is 0 Å². The van der Waals surface area contributed by atoms with Crippen LogP contribution in [-0.2, 0) is 42.7 Å². The number of carbonyl (C=O) groups excluding carboxylic acids is 1. The van der Waals surface area contributed by atoms with Crippen molar-refractivity contribution in [2.24, 2.45) is 44.8 Å². The summed E-state index contributed by atoms with van der Waals surface area (Å²) in [5, 5.41) is 127. The van der Waals surface area contributed by atoms with Gasteiger partial charge in [0.1, 0.15) is 85.5 Å². The Hall–Kier alpha value is -1.81. The third-order valence-electron chi connectivity index (χ3n) is 20.0. The molecule has 21 nitrogen and oxygen atoms in total. The minimum atomic E-state index is -1.83. The van der Waals surface area contributed by atoms with Crippen molar-refractivity contribution >= 4 is 5.97 Å². The van der Waals surface area contributed by atoms with Crippen LogP contribution in [0.15, 0.2) is 23.8 Å². The summed E-state index contributed by atoms with van der Waals surface area (Å²) in [5.74, 6) is -0.407. The highest BCUT2D eigenvalue weighted by Gasteiger charge is 2.70. The highest BCUT2D eigenvalue weighted by Crippen LogP contribution is 2.75. The molecule has 26 unspecified atom stereocenters. The lowest BCUT2D eigenvalue weighted by molar-refractivity contribution is -0.346. The van der Waals surface area contributed by atoms with E-state index in [-0.39, 0.29) is 53.3 Å². The van der Waals surface area contributed by atoms with E-state index in [2.05, 4.69) is 47.3 Å². The van der Waals surface area contributed by atoms with Crippen molar-refractivity contribution in [3.05, 3.63) is 23.8 Å². The standard InChI is InChI=1S/C51H80O21/c1-22-9-14-51(46(64)72-45-39(62)36(59)34(57)28(69-45)21-67-42-38(61)35(58)33(56)27(18-52)68-42)16-15-49(5)23(24(51)17-22)7-8-30-48(4)12-11-31(47(2,3)29(48)10-13-50(30,49)6)70-44-40(63)41(26(54)20-66-44)71-43-37(60)32(55)25(53)19-65-43/h7,24-45,52-63H,1,8-21H2,2-6H3. The van der Waals surface area contributed by atoms with Crippen LogP contribution in [0.1, 0.15) is 98.8 Å². The summed E-state index contributed by atoms with van der Waals surface area (Å²) in [5.41, 5.74) is 0.172. The molecule has 0 aromatic heterocycles. The molecule has 8 fully saturated rings. The Bertz CT molecular complexity index is 2000. The minimum Gasteiger partial charge on any atom is -0.432 e. The van der Waals surface area contributed by atoms with Crippen LogP contribution in [0.25, 0.3) is 0 Å². The van der Waals surface area contributed by atoms with E-state index in [9.17, 15) is 66.1 Å². The van der Waals surface area contributed by atoms with Crippen molar-refractivity contribution in [1.82, 2.24) is 0 Å². The summed E-state index contributed by atoms with van der Waals surface area (Å²) in [7, 11) is 0. The number of esters is 1. The average molecular weight is 1030 g/mol. The van der Waals surface area contributed by atoms with E-state index in [4.69, 9.17) is 37.9 Å². The molecule has 12 N–H and O–H groups in total. The third kappa shape index (κ3) is 8.88. The van der Waals surface area contributed by atoms with Crippen molar-refractivity contribution in [2.75, 3.05) is 26.4 Å². The summed E-state index contributed by atoms with van der Waals surface area (Å²) >= 11 is 0. The molecule has 0 aromatic carbocycles. The Balaban J connectivity index is 0.895. The van der Waals surface area contributed by atoms with Gasteiger partial charge in [0, 0.05) is 5.92 Å². The number of allylic oxidation sites excluding steroid dienone is 3. The zero-order valence-corrected chi connectivity index (χ0v) is 41.9. The SMILES string of the molecule is C=C1CCC2(C(=O)OC3OC(COC4OC(CO)C(O)C(O)C4O)C(O)C(O)C3O)CCC3(C)C(=CCC4C5(C)CCC(OC6OCC(O)C(OC7OCC(O)C(O)C7O)C6O)C(C)(C)C5CCC43C)C2C1. The molecule has 9 aliphatic rings. The van der Waals surface area contributed by atoms with Crippen LogP contribution in [0.4, 0.5) is 0 Å². The maximum atomic E-state index is 14.9. The molecule has 0 bridgehead atoms. The van der Waals surface area contributed by atoms with Gasteiger partial charge in [0.05, 0.1) is 37.9 Å². The van der Waals surface area contributed by atoms with Crippen LogP contribution in [0.5, 0.6) is 0 Å². The van der Waals surface area contributed by atoms with Gasteiger partial charge in [-0.05, 0) is 97.7 Å². The second kappa shape index (κ2) is 20.2. The van der Waals surface area contributed by atoms with Crippen LogP contribution >= 0.6 is 0 Å². The molecule has 72 heavy (non-hydrogen) atoms. The lowest BCUT2D eigenvalue weighted by Gasteiger charge is -2.71. The van der Waals surface area contributed by atoms with Gasteiger partial charge in [0.25, 0.3) is 0 Å². The first kappa shape index (κ1) is 55.0. The molecule has 0 radical (unpaired) electrons. The molecule has 4 heterocycles. The number of rotatable bonds is 10. The Kier molecular flexibility index (Phi) is 15.4. The maximum Gasteiger partial charge on any atom is 0.315 e. The first-order chi connectivity index (χ1) is 33.8. The number of aliphatic hydroxyl groups excluding tert-OH is 12.